The molecule has 1 amide bonds. The molecule has 6 nitrogen and oxygen atoms in total. The molecule has 0 saturated carbocycles. The summed E-state index contributed by atoms with van der Waals surface area (Å²) in [6, 6.07) is 14.9. The lowest BCUT2D eigenvalue weighted by atomic mass is 10.2. The number of aryl methyl sites for hydroxylation is 1. The van der Waals surface area contributed by atoms with Crippen molar-refractivity contribution in [2.24, 2.45) is 0 Å². The standard InChI is InChI=1S/C19H21N3O3S/c1-3-12-22(14-19(23)21-18-7-5-4-6-15(18)2)26(24,25)17-10-8-16(13-20)9-11-17/h4-11H,3,12,14H2,1-2H3,(H,21,23). The summed E-state index contributed by atoms with van der Waals surface area (Å²) >= 11 is 0. The molecular formula is C19H21N3O3S. The molecule has 0 unspecified atom stereocenters. The number of para-hydroxylation sites is 1. The Morgan fingerprint density at radius 3 is 2.38 bits per heavy atom. The largest absolute Gasteiger partial charge is 0.325 e. The van der Waals surface area contributed by atoms with Gasteiger partial charge in [-0.05, 0) is 49.2 Å². The molecule has 26 heavy (non-hydrogen) atoms. The molecule has 2 rings (SSSR count). The van der Waals surface area contributed by atoms with Crippen LogP contribution in [0.2, 0.25) is 0 Å². The number of nitrogens with one attached hydrogen (secondary N) is 1. The molecule has 0 aromatic heterocycles. The minimum Gasteiger partial charge on any atom is -0.325 e. The van der Waals surface area contributed by atoms with Gasteiger partial charge in [-0.15, -0.1) is 0 Å². The van der Waals surface area contributed by atoms with Crippen LogP contribution in [0.25, 0.3) is 0 Å². The van der Waals surface area contributed by atoms with Crippen molar-refractivity contribution in [3.05, 3.63) is 59.7 Å². The molecule has 7 heteroatoms. The van der Waals surface area contributed by atoms with Gasteiger partial charge in [0.1, 0.15) is 0 Å². The average Bonchev–Trinajstić information content (AvgIpc) is 2.63. The van der Waals surface area contributed by atoms with E-state index in [0.29, 0.717) is 17.7 Å². The van der Waals surface area contributed by atoms with Gasteiger partial charge >= 0.3 is 0 Å². The van der Waals surface area contributed by atoms with Gasteiger partial charge in [0.15, 0.2) is 0 Å². The molecule has 2 aromatic carbocycles. The van der Waals surface area contributed by atoms with Crippen molar-refractivity contribution in [2.45, 2.75) is 25.2 Å². The number of carbonyl (C=O) groups excluding carboxylic acids is 1. The number of sulfonamides is 1. The Kier molecular flexibility index (Phi) is 6.50. The summed E-state index contributed by atoms with van der Waals surface area (Å²) < 4.78 is 26.8. The van der Waals surface area contributed by atoms with E-state index in [4.69, 9.17) is 5.26 Å². The maximum Gasteiger partial charge on any atom is 0.243 e. The summed E-state index contributed by atoms with van der Waals surface area (Å²) in [5.41, 5.74) is 1.94. The molecule has 0 atom stereocenters. The van der Waals surface area contributed by atoms with E-state index >= 15 is 0 Å². The third kappa shape index (κ3) is 4.69. The molecule has 0 aliphatic carbocycles. The zero-order valence-electron chi connectivity index (χ0n) is 14.8. The molecule has 0 heterocycles. The lowest BCUT2D eigenvalue weighted by Crippen LogP contribution is -2.38. The van der Waals surface area contributed by atoms with Crippen molar-refractivity contribution >= 4 is 21.6 Å². The van der Waals surface area contributed by atoms with Crippen LogP contribution in [0.4, 0.5) is 5.69 Å². The van der Waals surface area contributed by atoms with Gasteiger partial charge in [0.05, 0.1) is 23.1 Å². The second kappa shape index (κ2) is 8.61. The number of amides is 1. The predicted octanol–water partition coefficient (Wildman–Crippen LogP) is 2.91. The minimum absolute atomic E-state index is 0.0636. The summed E-state index contributed by atoms with van der Waals surface area (Å²) in [4.78, 5) is 12.4. The van der Waals surface area contributed by atoms with Crippen LogP contribution in [-0.4, -0.2) is 31.7 Å². The van der Waals surface area contributed by atoms with Gasteiger partial charge in [-0.2, -0.15) is 9.57 Å². The van der Waals surface area contributed by atoms with Crippen molar-refractivity contribution in [3.63, 3.8) is 0 Å². The van der Waals surface area contributed by atoms with Crippen molar-refractivity contribution in [3.8, 4) is 6.07 Å². The first-order chi connectivity index (χ1) is 12.4. The molecule has 0 saturated heterocycles. The van der Waals surface area contributed by atoms with Gasteiger partial charge in [-0.3, -0.25) is 4.79 Å². The van der Waals surface area contributed by atoms with Crippen LogP contribution in [0.15, 0.2) is 53.4 Å². The molecule has 2 aromatic rings. The Hall–Kier alpha value is -2.69. The van der Waals surface area contributed by atoms with Crippen LogP contribution < -0.4 is 5.32 Å². The molecule has 136 valence electrons. The number of hydrogen-bond donors (Lipinski definition) is 1. The highest BCUT2D eigenvalue weighted by molar-refractivity contribution is 7.89. The monoisotopic (exact) mass is 371 g/mol. The number of hydrogen-bond acceptors (Lipinski definition) is 4. The fourth-order valence-electron chi connectivity index (χ4n) is 2.45. The number of nitriles is 1. The van der Waals surface area contributed by atoms with Gasteiger partial charge in [0, 0.05) is 12.2 Å². The Morgan fingerprint density at radius 2 is 1.81 bits per heavy atom. The maximum absolute atomic E-state index is 12.8. The van der Waals surface area contributed by atoms with E-state index in [-0.39, 0.29) is 18.0 Å². The molecule has 0 aliphatic rings. The van der Waals surface area contributed by atoms with E-state index in [2.05, 4.69) is 5.32 Å². The number of carbonyl (C=O) groups is 1. The summed E-state index contributed by atoms with van der Waals surface area (Å²) in [5, 5.41) is 11.6. The van der Waals surface area contributed by atoms with Gasteiger partial charge in [-0.25, -0.2) is 8.42 Å². The molecule has 0 bridgehead atoms. The van der Waals surface area contributed by atoms with Gasteiger partial charge < -0.3 is 5.32 Å². The number of anilines is 1. The Balaban J connectivity index is 2.20. The van der Waals surface area contributed by atoms with Gasteiger partial charge in [0.2, 0.25) is 15.9 Å². The van der Waals surface area contributed by atoms with E-state index in [0.717, 1.165) is 9.87 Å². The highest BCUT2D eigenvalue weighted by Gasteiger charge is 2.26. The zero-order valence-corrected chi connectivity index (χ0v) is 15.6. The number of rotatable bonds is 7. The molecule has 0 radical (unpaired) electrons. The van der Waals surface area contributed by atoms with Crippen molar-refractivity contribution in [1.29, 1.82) is 5.26 Å². The lowest BCUT2D eigenvalue weighted by molar-refractivity contribution is -0.116. The third-order valence-corrected chi connectivity index (χ3v) is 5.69. The smallest absolute Gasteiger partial charge is 0.243 e. The van der Waals surface area contributed by atoms with E-state index < -0.39 is 15.9 Å². The maximum atomic E-state index is 12.8. The first kappa shape index (κ1) is 19.6. The number of benzene rings is 2. The fourth-order valence-corrected chi connectivity index (χ4v) is 3.94. The van der Waals surface area contributed by atoms with Crippen LogP contribution in [-0.2, 0) is 14.8 Å². The third-order valence-electron chi connectivity index (χ3n) is 3.83. The Labute approximate surface area is 154 Å². The topological polar surface area (TPSA) is 90.3 Å². The minimum atomic E-state index is -3.82. The van der Waals surface area contributed by atoms with Crippen LogP contribution in [0.5, 0.6) is 0 Å². The summed E-state index contributed by atoms with van der Waals surface area (Å²) in [6.07, 6.45) is 0.577. The van der Waals surface area contributed by atoms with Crippen molar-refractivity contribution in [2.75, 3.05) is 18.4 Å². The SMILES string of the molecule is CCCN(CC(=O)Nc1ccccc1C)S(=O)(=O)c1ccc(C#N)cc1. The Bertz CT molecular complexity index is 916. The van der Waals surface area contributed by atoms with Crippen molar-refractivity contribution < 1.29 is 13.2 Å². The van der Waals surface area contributed by atoms with Gasteiger partial charge in [0.25, 0.3) is 0 Å². The second-order valence-electron chi connectivity index (χ2n) is 5.84. The second-order valence-corrected chi connectivity index (χ2v) is 7.78. The van der Waals surface area contributed by atoms with E-state index in [1.54, 1.807) is 12.1 Å². The zero-order chi connectivity index (χ0) is 19.2. The first-order valence-electron chi connectivity index (χ1n) is 8.24. The highest BCUT2D eigenvalue weighted by atomic mass is 32.2. The molecule has 0 fully saturated rings. The predicted molar refractivity (Wildman–Crippen MR) is 100 cm³/mol. The van der Waals surface area contributed by atoms with E-state index in [1.165, 1.54) is 24.3 Å². The lowest BCUT2D eigenvalue weighted by Gasteiger charge is -2.21. The van der Waals surface area contributed by atoms with Crippen LogP contribution in [0.3, 0.4) is 0 Å². The normalized spacial score (nSPS) is 11.2. The summed E-state index contributed by atoms with van der Waals surface area (Å²) in [5.74, 6) is -0.398. The Morgan fingerprint density at radius 1 is 1.15 bits per heavy atom. The number of nitrogens with zero attached hydrogens (tertiary/aromatic N) is 2. The van der Waals surface area contributed by atoms with Crippen molar-refractivity contribution in [1.82, 2.24) is 4.31 Å². The summed E-state index contributed by atoms with van der Waals surface area (Å²) in [6.45, 7) is 3.67. The molecule has 1 N–H and O–H groups in total. The first-order valence-corrected chi connectivity index (χ1v) is 9.68. The van der Waals surface area contributed by atoms with Crippen LogP contribution >= 0.6 is 0 Å². The van der Waals surface area contributed by atoms with Crippen LogP contribution in [0, 0.1) is 18.3 Å². The van der Waals surface area contributed by atoms with Crippen LogP contribution in [0.1, 0.15) is 24.5 Å². The molecule has 0 aliphatic heterocycles. The van der Waals surface area contributed by atoms with Gasteiger partial charge in [-0.1, -0.05) is 25.1 Å². The molecule has 0 spiro atoms. The summed E-state index contributed by atoms with van der Waals surface area (Å²) in [7, 11) is -3.82. The fraction of sp³-hybridized carbons (Fsp3) is 0.263. The highest BCUT2D eigenvalue weighted by Crippen LogP contribution is 2.18. The molecular weight excluding hydrogens is 350 g/mol. The van der Waals surface area contributed by atoms with E-state index in [9.17, 15) is 13.2 Å². The average molecular weight is 371 g/mol. The van der Waals surface area contributed by atoms with E-state index in [1.807, 2.05) is 32.0 Å². The quantitative estimate of drug-likeness (QED) is 0.810.